The number of rotatable bonds is 8. The summed E-state index contributed by atoms with van der Waals surface area (Å²) in [7, 11) is -4.07. The number of aryl methyl sites for hydroxylation is 1. The Kier molecular flexibility index (Phi) is 9.10. The van der Waals surface area contributed by atoms with Gasteiger partial charge in [0.05, 0.1) is 0 Å². The molecule has 3 aromatic carbocycles. The fraction of sp³-hybridized carbons (Fsp3) is 0.233. The minimum absolute atomic E-state index is 0.0176. The van der Waals surface area contributed by atoms with Gasteiger partial charge in [-0.05, 0) is 0 Å². The Balaban J connectivity index is 1.85. The van der Waals surface area contributed by atoms with Crippen molar-refractivity contribution in [2.45, 2.75) is 49.6 Å². The van der Waals surface area contributed by atoms with Crippen LogP contribution in [0, 0.1) is 6.92 Å². The molecule has 4 aromatic rings. The second kappa shape index (κ2) is 12.4. The third-order valence-electron chi connectivity index (χ3n) is 6.02. The Morgan fingerprint density at radius 2 is 1.57 bits per heavy atom. The molecule has 1 aromatic heterocycles. The number of aromatic nitrogens is 1. The predicted octanol–water partition coefficient (Wildman–Crippen LogP) is 4.29. The monoisotopic (exact) mass is 657 g/mol. The molecule has 12 heteroatoms. The molecule has 3 amide bonds. The van der Waals surface area contributed by atoms with Gasteiger partial charge in [0.25, 0.3) is 0 Å². The average molecular weight is 657 g/mol. The van der Waals surface area contributed by atoms with Gasteiger partial charge in [0.15, 0.2) is 0 Å². The Bertz CT molecular complexity index is 1730. The van der Waals surface area contributed by atoms with Crippen LogP contribution in [0.25, 0.3) is 22.2 Å². The molecule has 4 rings (SSSR count). The third kappa shape index (κ3) is 7.02. The molecule has 0 unspecified atom stereocenters. The van der Waals surface area contributed by atoms with Crippen molar-refractivity contribution in [1.82, 2.24) is 14.6 Å². The number of nitrogens with one attached hydrogen (secondary N) is 2. The number of para-hydroxylation sites is 1. The summed E-state index contributed by atoms with van der Waals surface area (Å²) in [5.74, 6) is -0.924. The van der Waals surface area contributed by atoms with E-state index in [1.807, 2.05) is 31.2 Å². The first kappa shape index (κ1) is 30.8. The van der Waals surface area contributed by atoms with Crippen LogP contribution in [0.3, 0.4) is 0 Å². The van der Waals surface area contributed by atoms with Crippen LogP contribution in [-0.4, -0.2) is 62.2 Å². The van der Waals surface area contributed by atoms with Crippen LogP contribution in [0.1, 0.15) is 26.3 Å². The summed E-state index contributed by atoms with van der Waals surface area (Å²) >= 11 is -0.631. The van der Waals surface area contributed by atoms with Gasteiger partial charge in [-0.15, -0.1) is 0 Å². The standard InChI is InChI=1S/C30H31N3O7SSe/c1-19-14-16-21(17-15-19)41(38,39)33-24-13-9-8-12-22(24)26(25(33)20-10-6-5-7-11-20)42-18-23(27(34)32-28(35)36)31-29(37)40-30(2,3)4/h5-17,23H,18H2,1-4H3,(H,31,37)(H,32,34)(H,35,36)/t23-/m0/s1. The average Bonchev–Trinajstić information content (AvgIpc) is 3.25. The van der Waals surface area contributed by atoms with Gasteiger partial charge in [-0.25, -0.2) is 0 Å². The normalized spacial score (nSPS) is 12.5. The van der Waals surface area contributed by atoms with Gasteiger partial charge >= 0.3 is 251 Å². The number of carbonyl (C=O) groups is 3. The number of carbonyl (C=O) groups excluding carboxylic acids is 2. The number of hydrogen-bond acceptors (Lipinski definition) is 6. The molecule has 3 N–H and O–H groups in total. The minimum atomic E-state index is -4.07. The van der Waals surface area contributed by atoms with Gasteiger partial charge in [0.1, 0.15) is 0 Å². The SMILES string of the molecule is Cc1ccc(S(=O)(=O)n2c(-c3ccccc3)c([Se]C[C@H](NC(=O)OC(C)(C)C)C(=O)NC(=O)O)c3ccccc32)cc1. The maximum absolute atomic E-state index is 14.2. The zero-order chi connectivity index (χ0) is 30.7. The molecule has 0 bridgehead atoms. The van der Waals surface area contributed by atoms with Crippen molar-refractivity contribution in [2.24, 2.45) is 0 Å². The summed E-state index contributed by atoms with van der Waals surface area (Å²) in [4.78, 5) is 36.7. The second-order valence-electron chi connectivity index (χ2n) is 10.4. The number of alkyl carbamates (subject to hydrolysis) is 1. The van der Waals surface area contributed by atoms with Crippen LogP contribution in [0.15, 0.2) is 83.8 Å². The Labute approximate surface area is 250 Å². The van der Waals surface area contributed by atoms with Crippen molar-refractivity contribution in [3.05, 3.63) is 84.4 Å². The molecule has 10 nitrogen and oxygen atoms in total. The van der Waals surface area contributed by atoms with Gasteiger partial charge in [-0.1, -0.05) is 0 Å². The number of carboxylic acid groups (broad SMARTS) is 1. The predicted molar refractivity (Wildman–Crippen MR) is 161 cm³/mol. The molecular formula is C30H31N3O7SSe. The molecule has 42 heavy (non-hydrogen) atoms. The van der Waals surface area contributed by atoms with E-state index in [1.54, 1.807) is 80.7 Å². The summed E-state index contributed by atoms with van der Waals surface area (Å²) in [6, 6.07) is 21.5. The van der Waals surface area contributed by atoms with E-state index >= 15 is 0 Å². The van der Waals surface area contributed by atoms with Crippen LogP contribution in [0.4, 0.5) is 9.59 Å². The first-order chi connectivity index (χ1) is 19.8. The molecule has 0 aliphatic heterocycles. The van der Waals surface area contributed by atoms with Crippen molar-refractivity contribution < 1.29 is 32.6 Å². The number of benzene rings is 3. The van der Waals surface area contributed by atoms with Crippen LogP contribution < -0.4 is 15.1 Å². The van der Waals surface area contributed by atoms with E-state index in [0.717, 1.165) is 5.56 Å². The van der Waals surface area contributed by atoms with E-state index in [-0.39, 0.29) is 10.2 Å². The van der Waals surface area contributed by atoms with Gasteiger partial charge in [0.2, 0.25) is 0 Å². The first-order valence-corrected chi connectivity index (χ1v) is 16.5. The van der Waals surface area contributed by atoms with E-state index < -0.39 is 54.7 Å². The van der Waals surface area contributed by atoms with Gasteiger partial charge in [-0.3, -0.25) is 0 Å². The summed E-state index contributed by atoms with van der Waals surface area (Å²) in [5.41, 5.74) is 1.61. The zero-order valence-electron chi connectivity index (χ0n) is 23.5. The zero-order valence-corrected chi connectivity index (χ0v) is 26.0. The van der Waals surface area contributed by atoms with E-state index in [2.05, 4.69) is 5.32 Å². The quantitative estimate of drug-likeness (QED) is 0.240. The van der Waals surface area contributed by atoms with E-state index in [0.29, 0.717) is 26.6 Å². The summed E-state index contributed by atoms with van der Waals surface area (Å²) < 4.78 is 35.7. The Hall–Kier alpha value is -4.12. The molecule has 0 saturated carbocycles. The Morgan fingerprint density at radius 1 is 0.952 bits per heavy atom. The van der Waals surface area contributed by atoms with E-state index in [9.17, 15) is 22.8 Å². The van der Waals surface area contributed by atoms with Crippen molar-refractivity contribution in [3.63, 3.8) is 0 Å². The number of ether oxygens (including phenoxy) is 1. The fourth-order valence-corrected chi connectivity index (χ4v) is 8.51. The molecule has 0 aliphatic carbocycles. The molecular weight excluding hydrogens is 625 g/mol. The number of amides is 3. The summed E-state index contributed by atoms with van der Waals surface area (Å²) in [6.07, 6.45) is -2.44. The fourth-order valence-electron chi connectivity index (χ4n) is 4.23. The summed E-state index contributed by atoms with van der Waals surface area (Å²) in [6.45, 7) is 6.87. The van der Waals surface area contributed by atoms with Crippen LogP contribution in [0.2, 0.25) is 5.32 Å². The molecule has 0 aliphatic rings. The first-order valence-electron chi connectivity index (χ1n) is 12.9. The molecule has 0 spiro atoms. The van der Waals surface area contributed by atoms with Gasteiger partial charge in [-0.2, -0.15) is 0 Å². The third-order valence-corrected chi connectivity index (χ3v) is 10.3. The number of nitrogens with zero attached hydrogens (tertiary/aromatic N) is 1. The van der Waals surface area contributed by atoms with Crippen LogP contribution in [-0.2, 0) is 19.6 Å². The second-order valence-corrected chi connectivity index (χ2v) is 14.4. The van der Waals surface area contributed by atoms with Gasteiger partial charge in [0, 0.05) is 0 Å². The topological polar surface area (TPSA) is 144 Å². The molecule has 220 valence electrons. The number of hydrogen-bond donors (Lipinski definition) is 3. The molecule has 0 radical (unpaired) electrons. The molecule has 0 saturated heterocycles. The summed E-state index contributed by atoms with van der Waals surface area (Å²) in [5, 5.41) is 14.1. The molecule has 1 atom stereocenters. The van der Waals surface area contributed by atoms with Crippen LogP contribution in [0.5, 0.6) is 0 Å². The van der Waals surface area contributed by atoms with Crippen molar-refractivity contribution in [2.75, 3.05) is 0 Å². The number of fused-ring (bicyclic) bond motifs is 1. The van der Waals surface area contributed by atoms with Crippen molar-refractivity contribution >= 4 is 58.4 Å². The Morgan fingerprint density at radius 3 is 2.19 bits per heavy atom. The van der Waals surface area contributed by atoms with Crippen LogP contribution >= 0.6 is 0 Å². The van der Waals surface area contributed by atoms with Crippen molar-refractivity contribution in [1.29, 1.82) is 0 Å². The maximum atomic E-state index is 14.2. The molecule has 0 fully saturated rings. The van der Waals surface area contributed by atoms with Crippen molar-refractivity contribution in [3.8, 4) is 11.3 Å². The molecule has 1 heterocycles. The van der Waals surface area contributed by atoms with E-state index in [1.165, 1.54) is 3.97 Å². The van der Waals surface area contributed by atoms with Gasteiger partial charge < -0.3 is 0 Å². The van der Waals surface area contributed by atoms with E-state index in [4.69, 9.17) is 9.84 Å². The number of imide groups is 1.